The summed E-state index contributed by atoms with van der Waals surface area (Å²) in [5.74, 6) is 0. The van der Waals surface area contributed by atoms with Gasteiger partial charge in [-0.05, 0) is 48.9 Å². The first-order valence-corrected chi connectivity index (χ1v) is 10.4. The van der Waals surface area contributed by atoms with E-state index in [2.05, 4.69) is 36.3 Å². The smallest absolute Gasteiger partial charge is 0.286 e. The van der Waals surface area contributed by atoms with Crippen molar-refractivity contribution in [2.24, 2.45) is 0 Å². The molecule has 142 valence electrons. The Labute approximate surface area is 157 Å². The molecule has 1 atom stereocenters. The summed E-state index contributed by atoms with van der Waals surface area (Å²) in [7, 11) is -2.43. The van der Waals surface area contributed by atoms with Crippen molar-refractivity contribution in [3.8, 4) is 0 Å². The van der Waals surface area contributed by atoms with Gasteiger partial charge in [-0.15, -0.1) is 0 Å². The molecule has 2 rings (SSSR count). The zero-order chi connectivity index (χ0) is 19.2. The highest BCUT2D eigenvalue weighted by Gasteiger charge is 2.26. The lowest BCUT2D eigenvalue weighted by atomic mass is 10.1. The van der Waals surface area contributed by atoms with Gasteiger partial charge in [0.25, 0.3) is 10.1 Å². The highest BCUT2D eigenvalue weighted by Crippen LogP contribution is 2.22. The molecule has 1 aliphatic heterocycles. The van der Waals surface area contributed by atoms with Crippen molar-refractivity contribution in [2.75, 3.05) is 25.0 Å². The lowest BCUT2D eigenvalue weighted by Gasteiger charge is -2.27. The quantitative estimate of drug-likeness (QED) is 0.697. The van der Waals surface area contributed by atoms with Crippen LogP contribution in [0.2, 0.25) is 0 Å². The summed E-state index contributed by atoms with van der Waals surface area (Å²) in [6, 6.07) is 7.64. The summed E-state index contributed by atoms with van der Waals surface area (Å²) >= 11 is 0. The van der Waals surface area contributed by atoms with Crippen molar-refractivity contribution >= 4 is 21.9 Å². The molecular formula is C20H28N2O3S. The Bertz CT molecular complexity index is 780. The fourth-order valence-electron chi connectivity index (χ4n) is 2.87. The maximum Gasteiger partial charge on any atom is 0.286 e. The number of rotatable bonds is 8. The highest BCUT2D eigenvalue weighted by atomic mass is 32.2. The largest absolute Gasteiger partial charge is 0.374 e. The molecule has 0 bridgehead atoms. The van der Waals surface area contributed by atoms with Crippen molar-refractivity contribution < 1.29 is 13.0 Å². The van der Waals surface area contributed by atoms with Crippen LogP contribution in [0.1, 0.15) is 32.3 Å². The van der Waals surface area contributed by atoms with Crippen LogP contribution < -0.4 is 4.90 Å². The van der Waals surface area contributed by atoms with Crippen LogP contribution in [-0.4, -0.2) is 43.4 Å². The fraction of sp³-hybridized carbons (Fsp3) is 0.400. The van der Waals surface area contributed by atoms with Crippen LogP contribution >= 0.6 is 0 Å². The van der Waals surface area contributed by atoms with Crippen LogP contribution in [0.4, 0.5) is 5.69 Å². The van der Waals surface area contributed by atoms with E-state index in [-0.39, 0.29) is 0 Å². The van der Waals surface area contributed by atoms with Crippen molar-refractivity contribution in [2.45, 2.75) is 32.1 Å². The van der Waals surface area contributed by atoms with Crippen LogP contribution in [0.5, 0.6) is 0 Å². The number of anilines is 1. The average Bonchev–Trinajstić information content (AvgIpc) is 2.64. The Balaban J connectivity index is 2.07. The molecule has 1 aromatic rings. The molecule has 5 nitrogen and oxygen atoms in total. The average molecular weight is 377 g/mol. The summed E-state index contributed by atoms with van der Waals surface area (Å²) in [6.45, 7) is 5.95. The first-order valence-electron chi connectivity index (χ1n) is 8.94. The third kappa shape index (κ3) is 5.47. The predicted molar refractivity (Wildman–Crippen MR) is 109 cm³/mol. The molecule has 0 saturated heterocycles. The maximum atomic E-state index is 11.6. The van der Waals surface area contributed by atoms with Crippen LogP contribution in [0, 0.1) is 0 Å². The molecule has 0 radical (unpaired) electrons. The molecule has 0 spiro atoms. The lowest BCUT2D eigenvalue weighted by molar-refractivity contribution is 0.434. The number of nitrogens with zero attached hydrogens (tertiary/aromatic N) is 2. The SMILES string of the molecule is CCCC(N(C)c1ccc(/C=C/C2=CCN(CC)C=C2)cc1)S(=O)(=O)O. The van der Waals surface area contributed by atoms with Gasteiger partial charge in [-0.1, -0.05) is 43.7 Å². The van der Waals surface area contributed by atoms with Gasteiger partial charge >= 0.3 is 0 Å². The van der Waals surface area contributed by atoms with Gasteiger partial charge in [-0.2, -0.15) is 8.42 Å². The predicted octanol–water partition coefficient (Wildman–Crippen LogP) is 3.93. The van der Waals surface area contributed by atoms with Crippen molar-refractivity contribution in [1.29, 1.82) is 0 Å². The molecule has 1 unspecified atom stereocenters. The van der Waals surface area contributed by atoms with Crippen LogP contribution in [0.3, 0.4) is 0 Å². The Kier molecular flexibility index (Phi) is 7.06. The zero-order valence-corrected chi connectivity index (χ0v) is 16.5. The van der Waals surface area contributed by atoms with Gasteiger partial charge in [0.1, 0.15) is 0 Å². The second-order valence-corrected chi connectivity index (χ2v) is 7.98. The molecular weight excluding hydrogens is 348 g/mol. The Morgan fingerprint density at radius 1 is 1.23 bits per heavy atom. The van der Waals surface area contributed by atoms with E-state index in [0.717, 1.165) is 24.3 Å². The van der Waals surface area contributed by atoms with Crippen LogP contribution in [0.15, 0.2) is 54.3 Å². The highest BCUT2D eigenvalue weighted by molar-refractivity contribution is 7.86. The molecule has 1 N–H and O–H groups in total. The van der Waals surface area contributed by atoms with E-state index < -0.39 is 15.5 Å². The first-order chi connectivity index (χ1) is 12.3. The molecule has 26 heavy (non-hydrogen) atoms. The number of hydrogen-bond donors (Lipinski definition) is 1. The third-order valence-corrected chi connectivity index (χ3v) is 5.77. The lowest BCUT2D eigenvalue weighted by Crippen LogP contribution is -2.38. The topological polar surface area (TPSA) is 60.9 Å². The van der Waals surface area contributed by atoms with Crippen molar-refractivity contribution in [3.05, 3.63) is 59.8 Å². The summed E-state index contributed by atoms with van der Waals surface area (Å²) in [4.78, 5) is 3.84. The summed E-state index contributed by atoms with van der Waals surface area (Å²) in [6.07, 6.45) is 11.5. The minimum Gasteiger partial charge on any atom is -0.374 e. The minimum absolute atomic E-state index is 0.381. The second-order valence-electron chi connectivity index (χ2n) is 6.40. The summed E-state index contributed by atoms with van der Waals surface area (Å²) in [5.41, 5.74) is 2.96. The third-order valence-electron chi connectivity index (χ3n) is 4.53. The minimum atomic E-state index is -4.12. The van der Waals surface area contributed by atoms with E-state index in [1.54, 1.807) is 11.9 Å². The fourth-order valence-corrected chi connectivity index (χ4v) is 3.92. The van der Waals surface area contributed by atoms with Gasteiger partial charge < -0.3 is 9.80 Å². The van der Waals surface area contributed by atoms with E-state index in [4.69, 9.17) is 0 Å². The number of likely N-dealkylation sites (N-methyl/N-ethyl adjacent to an activating group) is 1. The van der Waals surface area contributed by atoms with Crippen molar-refractivity contribution in [3.63, 3.8) is 0 Å². The standard InChI is InChI=1S/C20H28N2O3S/c1-4-6-20(26(23,24)25)21(3)19-11-9-17(10-12-19)7-8-18-13-15-22(5-2)16-14-18/h7-15,20H,4-6,16H2,1-3H3,(H,23,24,25)/b8-7+. The Morgan fingerprint density at radius 3 is 2.42 bits per heavy atom. The zero-order valence-electron chi connectivity index (χ0n) is 15.7. The Morgan fingerprint density at radius 2 is 1.92 bits per heavy atom. The summed E-state index contributed by atoms with van der Waals surface area (Å²) in [5, 5.41) is -0.923. The molecule has 1 heterocycles. The number of allylic oxidation sites excluding steroid dienone is 3. The monoisotopic (exact) mass is 376 g/mol. The van der Waals surface area contributed by atoms with Crippen molar-refractivity contribution in [1.82, 2.24) is 4.90 Å². The molecule has 0 saturated carbocycles. The molecule has 1 aliphatic rings. The molecule has 0 fully saturated rings. The van der Waals surface area contributed by atoms with Crippen LogP contribution in [0.25, 0.3) is 6.08 Å². The Hall–Kier alpha value is -2.05. The molecule has 1 aromatic carbocycles. The van der Waals surface area contributed by atoms with E-state index in [9.17, 15) is 13.0 Å². The first kappa shape index (κ1) is 20.3. The van der Waals surface area contributed by atoms with Gasteiger partial charge in [0.05, 0.1) is 0 Å². The van der Waals surface area contributed by atoms with Gasteiger partial charge in [-0.25, -0.2) is 0 Å². The second kappa shape index (κ2) is 9.05. The number of hydrogen-bond acceptors (Lipinski definition) is 4. The number of benzene rings is 1. The van der Waals surface area contributed by atoms with E-state index in [0.29, 0.717) is 12.8 Å². The van der Waals surface area contributed by atoms with E-state index >= 15 is 0 Å². The molecule has 0 amide bonds. The molecule has 0 aliphatic carbocycles. The molecule has 0 aromatic heterocycles. The van der Waals surface area contributed by atoms with Gasteiger partial charge in [0, 0.05) is 25.8 Å². The normalized spacial score (nSPS) is 16.0. The molecule has 6 heteroatoms. The van der Waals surface area contributed by atoms with E-state index in [1.165, 1.54) is 5.57 Å². The van der Waals surface area contributed by atoms with Crippen LogP contribution in [-0.2, 0) is 10.1 Å². The summed E-state index contributed by atoms with van der Waals surface area (Å²) < 4.78 is 32.7. The van der Waals surface area contributed by atoms with Gasteiger partial charge in [0.15, 0.2) is 5.37 Å². The van der Waals surface area contributed by atoms with Gasteiger partial charge in [-0.3, -0.25) is 4.55 Å². The maximum absolute atomic E-state index is 11.6. The van der Waals surface area contributed by atoms with E-state index in [1.807, 2.05) is 37.3 Å². The van der Waals surface area contributed by atoms with Gasteiger partial charge in [0.2, 0.25) is 0 Å².